The largest absolute Gasteiger partial charge is 0.340 e. The number of fused-ring (bicyclic) bond motifs is 2. The van der Waals surface area contributed by atoms with Gasteiger partial charge < -0.3 is 4.98 Å². The van der Waals surface area contributed by atoms with Crippen molar-refractivity contribution in [2.24, 2.45) is 0 Å². The molecular formula is C22H21ClFN3. The topological polar surface area (TPSA) is 31.9 Å². The van der Waals surface area contributed by atoms with Gasteiger partial charge in [0.25, 0.3) is 0 Å². The molecule has 2 heterocycles. The van der Waals surface area contributed by atoms with Crippen LogP contribution in [0.2, 0.25) is 5.02 Å². The lowest BCUT2D eigenvalue weighted by atomic mass is 9.87. The molecule has 138 valence electrons. The molecule has 1 N–H and O–H groups in total. The standard InChI is InChI=1S/C22H21ClFN3/c23-16-7-5-15-12-17(8-6-14(15)11-16)27-10-9-20-21(13-27)26-22(25-20)18-3-1-2-4-19(18)24/h1-5,7,11,17H,6,8-10,12-13H2,(H,25,26). The van der Waals surface area contributed by atoms with Gasteiger partial charge in [-0.2, -0.15) is 0 Å². The fraction of sp³-hybridized carbons (Fsp3) is 0.318. The molecule has 27 heavy (non-hydrogen) atoms. The first-order chi connectivity index (χ1) is 13.2. The molecule has 3 aromatic rings. The van der Waals surface area contributed by atoms with E-state index in [-0.39, 0.29) is 5.82 Å². The Bertz CT molecular complexity index is 997. The number of nitrogens with zero attached hydrogens (tertiary/aromatic N) is 2. The first-order valence-electron chi connectivity index (χ1n) is 9.51. The van der Waals surface area contributed by atoms with Gasteiger partial charge in [-0.05, 0) is 54.7 Å². The molecule has 5 rings (SSSR count). The van der Waals surface area contributed by atoms with Gasteiger partial charge in [0.05, 0.1) is 17.0 Å². The number of aromatic amines is 1. The zero-order valence-corrected chi connectivity index (χ0v) is 15.8. The van der Waals surface area contributed by atoms with Crippen LogP contribution in [0.15, 0.2) is 42.5 Å². The summed E-state index contributed by atoms with van der Waals surface area (Å²) in [5.41, 5.74) is 5.55. The van der Waals surface area contributed by atoms with Crippen LogP contribution < -0.4 is 0 Å². The summed E-state index contributed by atoms with van der Waals surface area (Å²) in [6, 6.07) is 13.6. The van der Waals surface area contributed by atoms with Gasteiger partial charge in [0.1, 0.15) is 11.6 Å². The normalized spacial score (nSPS) is 19.6. The van der Waals surface area contributed by atoms with Crippen LogP contribution in [0.1, 0.15) is 28.9 Å². The first-order valence-corrected chi connectivity index (χ1v) is 9.89. The number of halogens is 2. The number of hydrogen-bond acceptors (Lipinski definition) is 2. The molecule has 0 saturated carbocycles. The second-order valence-corrected chi connectivity index (χ2v) is 7.96. The van der Waals surface area contributed by atoms with Crippen LogP contribution in [-0.4, -0.2) is 27.5 Å². The summed E-state index contributed by atoms with van der Waals surface area (Å²) in [5.74, 6) is 0.409. The highest BCUT2D eigenvalue weighted by molar-refractivity contribution is 6.30. The van der Waals surface area contributed by atoms with E-state index in [1.807, 2.05) is 12.1 Å². The highest BCUT2D eigenvalue weighted by atomic mass is 35.5. The molecule has 5 heteroatoms. The third-order valence-electron chi connectivity index (χ3n) is 5.88. The van der Waals surface area contributed by atoms with Crippen molar-refractivity contribution < 1.29 is 4.39 Å². The Morgan fingerprint density at radius 1 is 1.11 bits per heavy atom. The average molecular weight is 382 g/mol. The smallest absolute Gasteiger partial charge is 0.140 e. The summed E-state index contributed by atoms with van der Waals surface area (Å²) in [6.07, 6.45) is 4.20. The minimum Gasteiger partial charge on any atom is -0.340 e. The van der Waals surface area contributed by atoms with Gasteiger partial charge in [-0.25, -0.2) is 9.37 Å². The van der Waals surface area contributed by atoms with E-state index in [0.717, 1.165) is 55.2 Å². The predicted molar refractivity (Wildman–Crippen MR) is 105 cm³/mol. The maximum atomic E-state index is 14.1. The van der Waals surface area contributed by atoms with E-state index in [1.54, 1.807) is 12.1 Å². The summed E-state index contributed by atoms with van der Waals surface area (Å²) in [6.45, 7) is 1.85. The number of rotatable bonds is 2. The zero-order chi connectivity index (χ0) is 18.4. The Labute approximate surface area is 163 Å². The van der Waals surface area contributed by atoms with Crippen molar-refractivity contribution in [1.82, 2.24) is 14.9 Å². The molecule has 0 spiro atoms. The van der Waals surface area contributed by atoms with Crippen molar-refractivity contribution in [3.63, 3.8) is 0 Å². The van der Waals surface area contributed by atoms with Crippen LogP contribution >= 0.6 is 11.6 Å². The van der Waals surface area contributed by atoms with Gasteiger partial charge in [0.15, 0.2) is 0 Å². The van der Waals surface area contributed by atoms with Crippen molar-refractivity contribution >= 4 is 11.6 Å². The highest BCUT2D eigenvalue weighted by Gasteiger charge is 2.29. The quantitative estimate of drug-likeness (QED) is 0.692. The fourth-order valence-corrected chi connectivity index (χ4v) is 4.62. The molecule has 1 aliphatic heterocycles. The average Bonchev–Trinajstić information content (AvgIpc) is 3.11. The van der Waals surface area contributed by atoms with Crippen LogP contribution in [0, 0.1) is 5.82 Å². The molecule has 1 aromatic heterocycles. The number of benzene rings is 2. The molecule has 1 aliphatic carbocycles. The maximum Gasteiger partial charge on any atom is 0.140 e. The van der Waals surface area contributed by atoms with Crippen molar-refractivity contribution in [1.29, 1.82) is 0 Å². The van der Waals surface area contributed by atoms with Gasteiger partial charge in [-0.3, -0.25) is 4.90 Å². The van der Waals surface area contributed by atoms with E-state index < -0.39 is 0 Å². The molecule has 1 unspecified atom stereocenters. The minimum absolute atomic E-state index is 0.233. The summed E-state index contributed by atoms with van der Waals surface area (Å²) in [4.78, 5) is 10.6. The second kappa shape index (κ2) is 6.77. The minimum atomic E-state index is -0.233. The third kappa shape index (κ3) is 3.17. The molecule has 0 amide bonds. The summed E-state index contributed by atoms with van der Waals surface area (Å²) >= 11 is 6.13. The van der Waals surface area contributed by atoms with E-state index in [9.17, 15) is 4.39 Å². The molecule has 3 nitrogen and oxygen atoms in total. The van der Waals surface area contributed by atoms with Gasteiger partial charge in [-0.1, -0.05) is 29.8 Å². The molecular weight excluding hydrogens is 361 g/mol. The van der Waals surface area contributed by atoms with Crippen molar-refractivity contribution in [3.05, 3.63) is 75.8 Å². The van der Waals surface area contributed by atoms with Gasteiger partial charge >= 0.3 is 0 Å². The lowest BCUT2D eigenvalue weighted by molar-refractivity contribution is 0.160. The van der Waals surface area contributed by atoms with Crippen LogP contribution in [0.25, 0.3) is 11.4 Å². The van der Waals surface area contributed by atoms with E-state index in [0.29, 0.717) is 17.4 Å². The Morgan fingerprint density at radius 3 is 2.89 bits per heavy atom. The van der Waals surface area contributed by atoms with E-state index >= 15 is 0 Å². The number of imidazole rings is 1. The number of aryl methyl sites for hydroxylation is 1. The lowest BCUT2D eigenvalue weighted by Crippen LogP contribution is -2.42. The third-order valence-corrected chi connectivity index (χ3v) is 6.11. The van der Waals surface area contributed by atoms with Crippen molar-refractivity contribution in [3.8, 4) is 11.4 Å². The fourth-order valence-electron chi connectivity index (χ4n) is 4.42. The SMILES string of the molecule is Fc1ccccc1-c1nc2c([nH]1)CN(C1CCc3cc(Cl)ccc3C1)CC2. The summed E-state index contributed by atoms with van der Waals surface area (Å²) < 4.78 is 14.1. The van der Waals surface area contributed by atoms with Gasteiger partial charge in [-0.15, -0.1) is 0 Å². The number of H-pyrrole nitrogens is 1. The Balaban J connectivity index is 1.36. The first kappa shape index (κ1) is 17.0. The van der Waals surface area contributed by atoms with Crippen LogP contribution in [-0.2, 0) is 25.8 Å². The van der Waals surface area contributed by atoms with E-state index in [2.05, 4.69) is 27.0 Å². The molecule has 1 atom stereocenters. The van der Waals surface area contributed by atoms with Crippen molar-refractivity contribution in [2.75, 3.05) is 6.54 Å². The number of hydrogen-bond donors (Lipinski definition) is 1. The monoisotopic (exact) mass is 381 g/mol. The van der Waals surface area contributed by atoms with Crippen LogP contribution in [0.5, 0.6) is 0 Å². The van der Waals surface area contributed by atoms with Crippen LogP contribution in [0.4, 0.5) is 4.39 Å². The van der Waals surface area contributed by atoms with Gasteiger partial charge in [0, 0.05) is 30.6 Å². The molecule has 2 aromatic carbocycles. The van der Waals surface area contributed by atoms with E-state index in [4.69, 9.17) is 11.6 Å². The molecule has 2 aliphatic rings. The Morgan fingerprint density at radius 2 is 2.00 bits per heavy atom. The molecule has 0 radical (unpaired) electrons. The number of aromatic nitrogens is 2. The molecule has 0 saturated heterocycles. The molecule has 0 fully saturated rings. The Kier molecular flexibility index (Phi) is 4.25. The Hall–Kier alpha value is -2.17. The maximum absolute atomic E-state index is 14.1. The summed E-state index contributed by atoms with van der Waals surface area (Å²) in [7, 11) is 0. The second-order valence-electron chi connectivity index (χ2n) is 7.52. The van der Waals surface area contributed by atoms with E-state index in [1.165, 1.54) is 17.2 Å². The van der Waals surface area contributed by atoms with Crippen molar-refractivity contribution in [2.45, 2.75) is 38.3 Å². The predicted octanol–water partition coefficient (Wildman–Crippen LogP) is 4.78. The number of nitrogens with one attached hydrogen (secondary N) is 1. The summed E-state index contributed by atoms with van der Waals surface area (Å²) in [5, 5.41) is 0.827. The zero-order valence-electron chi connectivity index (χ0n) is 15.0. The van der Waals surface area contributed by atoms with Crippen LogP contribution in [0.3, 0.4) is 0 Å². The molecule has 0 bridgehead atoms. The van der Waals surface area contributed by atoms with Gasteiger partial charge in [0.2, 0.25) is 0 Å². The highest BCUT2D eigenvalue weighted by Crippen LogP contribution is 2.30. The lowest BCUT2D eigenvalue weighted by Gasteiger charge is -2.37.